The van der Waals surface area contributed by atoms with E-state index in [1.807, 2.05) is 12.1 Å². The van der Waals surface area contributed by atoms with Crippen molar-refractivity contribution in [3.63, 3.8) is 0 Å². The largest absolute Gasteiger partial charge is 0.357 e. The Morgan fingerprint density at radius 2 is 1.90 bits per heavy atom. The number of carbonyl (C=O) groups is 1. The minimum Gasteiger partial charge on any atom is -0.357 e. The first-order valence-electron chi connectivity index (χ1n) is 9.84. The van der Waals surface area contributed by atoms with E-state index < -0.39 is 0 Å². The van der Waals surface area contributed by atoms with Gasteiger partial charge in [0.2, 0.25) is 0 Å². The molecule has 1 saturated heterocycles. The Hall–Kier alpha value is -3.00. The van der Waals surface area contributed by atoms with E-state index in [2.05, 4.69) is 25.2 Å². The Morgan fingerprint density at radius 1 is 1.10 bits per heavy atom. The molecular weight excluding hydrogens is 386 g/mol. The van der Waals surface area contributed by atoms with Crippen LogP contribution in [0.1, 0.15) is 41.6 Å². The van der Waals surface area contributed by atoms with Crippen molar-refractivity contribution < 1.29 is 4.79 Å². The highest BCUT2D eigenvalue weighted by Gasteiger charge is 2.12. The van der Waals surface area contributed by atoms with Gasteiger partial charge in [-0.3, -0.25) is 14.6 Å². The lowest BCUT2D eigenvalue weighted by atomic mass is 10.1. The Kier molecular flexibility index (Phi) is 5.71. The molecule has 0 spiro atoms. The maximum absolute atomic E-state index is 12.6. The summed E-state index contributed by atoms with van der Waals surface area (Å²) in [4.78, 5) is 36.8. The molecule has 1 aromatic carbocycles. The predicted molar refractivity (Wildman–Crippen MR) is 116 cm³/mol. The molecule has 3 heterocycles. The van der Waals surface area contributed by atoms with Crippen molar-refractivity contribution in [3.05, 3.63) is 62.8 Å². The fourth-order valence-electron chi connectivity index (χ4n) is 3.64. The van der Waals surface area contributed by atoms with Crippen LogP contribution >= 0.6 is 12.2 Å². The van der Waals surface area contributed by atoms with E-state index in [0.717, 1.165) is 24.5 Å². The van der Waals surface area contributed by atoms with Crippen molar-refractivity contribution in [2.24, 2.45) is 0 Å². The van der Waals surface area contributed by atoms with Crippen molar-refractivity contribution in [2.75, 3.05) is 18.0 Å². The molecule has 2 aromatic heterocycles. The van der Waals surface area contributed by atoms with Crippen LogP contribution in [0.2, 0.25) is 0 Å². The number of hydrogen-bond acceptors (Lipinski definition) is 5. The van der Waals surface area contributed by atoms with Gasteiger partial charge in [0.25, 0.3) is 11.5 Å². The van der Waals surface area contributed by atoms with Gasteiger partial charge in [0.1, 0.15) is 5.82 Å². The molecule has 1 aliphatic rings. The molecule has 3 N–H and O–H groups in total. The zero-order chi connectivity index (χ0) is 20.2. The number of aromatic amines is 2. The number of nitrogens with one attached hydrogen (secondary N) is 3. The first-order valence-corrected chi connectivity index (χ1v) is 10.3. The summed E-state index contributed by atoms with van der Waals surface area (Å²) in [6, 6.07) is 8.86. The Morgan fingerprint density at radius 3 is 2.69 bits per heavy atom. The normalized spacial score (nSPS) is 14.6. The molecule has 1 aliphatic heterocycles. The van der Waals surface area contributed by atoms with E-state index in [-0.39, 0.29) is 16.2 Å². The number of rotatable bonds is 4. The second kappa shape index (κ2) is 8.57. The van der Waals surface area contributed by atoms with E-state index in [4.69, 9.17) is 12.2 Å². The summed E-state index contributed by atoms with van der Waals surface area (Å²) in [5.74, 6) is 0.760. The van der Waals surface area contributed by atoms with Crippen LogP contribution in [0.4, 0.5) is 5.82 Å². The quantitative estimate of drug-likeness (QED) is 0.575. The highest BCUT2D eigenvalue weighted by atomic mass is 32.1. The smallest absolute Gasteiger partial charge is 0.259 e. The summed E-state index contributed by atoms with van der Waals surface area (Å²) in [6.07, 6.45) is 6.72. The van der Waals surface area contributed by atoms with Crippen LogP contribution in [-0.2, 0) is 6.54 Å². The third-order valence-corrected chi connectivity index (χ3v) is 5.40. The minimum atomic E-state index is -0.270. The van der Waals surface area contributed by atoms with Gasteiger partial charge in [-0.25, -0.2) is 4.98 Å². The topological polar surface area (TPSA) is 93.9 Å². The number of aromatic nitrogens is 3. The molecule has 4 rings (SSSR count). The number of amides is 1. The molecule has 7 nitrogen and oxygen atoms in total. The van der Waals surface area contributed by atoms with Crippen molar-refractivity contribution in [1.82, 2.24) is 20.3 Å². The van der Waals surface area contributed by atoms with Crippen LogP contribution in [0.25, 0.3) is 10.9 Å². The maximum Gasteiger partial charge on any atom is 0.259 e. The Balaban J connectivity index is 1.47. The van der Waals surface area contributed by atoms with E-state index in [1.165, 1.54) is 25.7 Å². The van der Waals surface area contributed by atoms with Crippen LogP contribution in [0.3, 0.4) is 0 Å². The molecule has 0 atom stereocenters. The summed E-state index contributed by atoms with van der Waals surface area (Å²) in [5.41, 5.74) is 1.74. The van der Waals surface area contributed by atoms with E-state index in [9.17, 15) is 9.59 Å². The second-order valence-electron chi connectivity index (χ2n) is 7.27. The van der Waals surface area contributed by atoms with Gasteiger partial charge >= 0.3 is 0 Å². The van der Waals surface area contributed by atoms with Crippen molar-refractivity contribution in [1.29, 1.82) is 0 Å². The maximum atomic E-state index is 12.6. The number of pyridine rings is 1. The number of anilines is 1. The number of fused-ring (bicyclic) bond motifs is 1. The van der Waals surface area contributed by atoms with Crippen LogP contribution in [0, 0.1) is 4.77 Å². The number of nitrogens with zero attached hydrogens (tertiary/aromatic N) is 2. The van der Waals surface area contributed by atoms with E-state index in [0.29, 0.717) is 23.0 Å². The third-order valence-electron chi connectivity index (χ3n) is 5.19. The molecular formula is C21H23N5O2S. The molecule has 0 saturated carbocycles. The van der Waals surface area contributed by atoms with Crippen molar-refractivity contribution in [3.8, 4) is 0 Å². The molecule has 3 aromatic rings. The standard InChI is InChI=1S/C21H23N5O2S/c27-19(15-5-6-16-17(12-15)24-21(29)25-20(16)28)23-13-14-7-8-22-18(11-14)26-9-3-1-2-4-10-26/h5-8,11-12H,1-4,9-10,13H2,(H,23,27)(H2,24,25,28,29). The van der Waals surface area contributed by atoms with Gasteiger partial charge in [0.05, 0.1) is 10.9 Å². The van der Waals surface area contributed by atoms with Gasteiger partial charge in [-0.1, -0.05) is 12.8 Å². The Labute approximate surface area is 173 Å². The summed E-state index contributed by atoms with van der Waals surface area (Å²) >= 11 is 5.00. The molecule has 8 heteroatoms. The van der Waals surface area contributed by atoms with Crippen LogP contribution in [0.15, 0.2) is 41.3 Å². The fourth-order valence-corrected chi connectivity index (χ4v) is 3.84. The van der Waals surface area contributed by atoms with Gasteiger partial charge in [-0.05, 0) is 61.0 Å². The lowest BCUT2D eigenvalue weighted by Crippen LogP contribution is -2.26. The van der Waals surface area contributed by atoms with Gasteiger partial charge in [-0.15, -0.1) is 0 Å². The Bertz CT molecular complexity index is 1150. The van der Waals surface area contributed by atoms with E-state index in [1.54, 1.807) is 24.4 Å². The highest BCUT2D eigenvalue weighted by molar-refractivity contribution is 7.71. The fraction of sp³-hybridized carbons (Fsp3) is 0.333. The number of hydrogen-bond donors (Lipinski definition) is 3. The lowest BCUT2D eigenvalue weighted by molar-refractivity contribution is 0.0951. The van der Waals surface area contributed by atoms with Crippen LogP contribution in [-0.4, -0.2) is 33.9 Å². The molecule has 0 unspecified atom stereocenters. The van der Waals surface area contributed by atoms with Gasteiger partial charge < -0.3 is 15.2 Å². The van der Waals surface area contributed by atoms with Gasteiger partial charge in [0, 0.05) is 31.4 Å². The number of benzene rings is 1. The monoisotopic (exact) mass is 409 g/mol. The second-order valence-corrected chi connectivity index (χ2v) is 7.68. The summed E-state index contributed by atoms with van der Waals surface area (Å²) in [6.45, 7) is 2.46. The molecule has 29 heavy (non-hydrogen) atoms. The predicted octanol–water partition coefficient (Wildman–Crippen LogP) is 3.29. The van der Waals surface area contributed by atoms with Crippen LogP contribution in [0.5, 0.6) is 0 Å². The average Bonchev–Trinajstić information content (AvgIpc) is 3.01. The molecule has 0 radical (unpaired) electrons. The zero-order valence-electron chi connectivity index (χ0n) is 16.0. The zero-order valence-corrected chi connectivity index (χ0v) is 16.8. The van der Waals surface area contributed by atoms with E-state index >= 15 is 0 Å². The number of carbonyl (C=O) groups excluding carboxylic acids is 1. The lowest BCUT2D eigenvalue weighted by Gasteiger charge is -2.21. The first kappa shape index (κ1) is 19.3. The van der Waals surface area contributed by atoms with Gasteiger partial charge in [0.15, 0.2) is 4.77 Å². The number of H-pyrrole nitrogens is 2. The van der Waals surface area contributed by atoms with Gasteiger partial charge in [-0.2, -0.15) is 0 Å². The van der Waals surface area contributed by atoms with Crippen molar-refractivity contribution >= 4 is 34.8 Å². The minimum absolute atomic E-state index is 0.209. The highest BCUT2D eigenvalue weighted by Crippen LogP contribution is 2.18. The molecule has 1 amide bonds. The summed E-state index contributed by atoms with van der Waals surface area (Å²) in [5, 5.41) is 3.40. The first-order chi connectivity index (χ1) is 14.1. The summed E-state index contributed by atoms with van der Waals surface area (Å²) in [7, 11) is 0. The molecule has 0 aliphatic carbocycles. The third kappa shape index (κ3) is 4.54. The van der Waals surface area contributed by atoms with Crippen LogP contribution < -0.4 is 15.8 Å². The molecule has 0 bridgehead atoms. The molecule has 150 valence electrons. The SMILES string of the molecule is O=C(NCc1ccnc(N2CCCCCC2)c1)c1ccc2c(=O)[nH]c(=S)[nH]c2c1. The molecule has 1 fully saturated rings. The van der Waals surface area contributed by atoms with Crippen molar-refractivity contribution in [2.45, 2.75) is 32.2 Å². The average molecular weight is 410 g/mol. The summed E-state index contributed by atoms with van der Waals surface area (Å²) < 4.78 is 0.234.